The molecule has 0 radical (unpaired) electrons. The molecule has 1 saturated heterocycles. The number of hydrogen-bond acceptors (Lipinski definition) is 6. The Morgan fingerprint density at radius 2 is 2.18 bits per heavy atom. The summed E-state index contributed by atoms with van der Waals surface area (Å²) in [6.45, 7) is 3.01. The predicted molar refractivity (Wildman–Crippen MR) is 109 cm³/mol. The van der Waals surface area contributed by atoms with Crippen LogP contribution < -0.4 is 10.8 Å². The molecule has 1 aromatic heterocycles. The van der Waals surface area contributed by atoms with Gasteiger partial charge in [0.1, 0.15) is 5.82 Å². The van der Waals surface area contributed by atoms with Gasteiger partial charge in [-0.25, -0.2) is 10.5 Å². The van der Waals surface area contributed by atoms with Gasteiger partial charge in [-0.15, -0.1) is 0 Å². The normalized spacial score (nSPS) is 17.6. The minimum Gasteiger partial charge on any atom is -0.365 e. The van der Waals surface area contributed by atoms with Gasteiger partial charge in [0.25, 0.3) is 5.91 Å². The lowest BCUT2D eigenvalue weighted by Crippen LogP contribution is -2.43. The van der Waals surface area contributed by atoms with Gasteiger partial charge in [0.05, 0.1) is 18.1 Å². The second-order valence-electron chi connectivity index (χ2n) is 6.76. The van der Waals surface area contributed by atoms with Crippen molar-refractivity contribution in [3.05, 3.63) is 59.0 Å². The van der Waals surface area contributed by atoms with Crippen molar-refractivity contribution in [3.8, 4) is 0 Å². The van der Waals surface area contributed by atoms with E-state index in [-0.39, 0.29) is 0 Å². The van der Waals surface area contributed by atoms with Crippen molar-refractivity contribution in [3.63, 3.8) is 0 Å². The zero-order valence-corrected chi connectivity index (χ0v) is 16.3. The molecule has 1 atom stereocenters. The van der Waals surface area contributed by atoms with E-state index in [0.717, 1.165) is 43.9 Å². The highest BCUT2D eigenvalue weighted by molar-refractivity contribution is 6.31. The zero-order chi connectivity index (χ0) is 19.8. The molecule has 1 fully saturated rings. The van der Waals surface area contributed by atoms with Gasteiger partial charge in [0.2, 0.25) is 0 Å². The number of hydroxylamine groups is 1. The third kappa shape index (κ3) is 6.02. The lowest BCUT2D eigenvalue weighted by atomic mass is 10.0. The fourth-order valence-corrected chi connectivity index (χ4v) is 3.49. The molecular weight excluding hydrogens is 378 g/mol. The molecule has 0 bridgehead atoms. The van der Waals surface area contributed by atoms with Crippen molar-refractivity contribution < 1.29 is 10.0 Å². The van der Waals surface area contributed by atoms with Crippen LogP contribution in [0.4, 0.5) is 5.82 Å². The highest BCUT2D eigenvalue weighted by atomic mass is 35.5. The summed E-state index contributed by atoms with van der Waals surface area (Å²) in [5.74, 6) is 0.102. The van der Waals surface area contributed by atoms with Crippen molar-refractivity contribution in [2.75, 3.05) is 25.0 Å². The van der Waals surface area contributed by atoms with Crippen molar-refractivity contribution in [1.82, 2.24) is 20.3 Å². The Balaban J connectivity index is 1.50. The Hall–Kier alpha value is -2.48. The van der Waals surface area contributed by atoms with E-state index in [1.54, 1.807) is 12.4 Å². The van der Waals surface area contributed by atoms with Gasteiger partial charge in [-0.1, -0.05) is 29.8 Å². The Labute approximate surface area is 169 Å². The Kier molecular flexibility index (Phi) is 7.36. The number of amides is 1. The molecular formula is C20H24ClN5O2. The molecule has 0 unspecified atom stereocenters. The number of aromatic nitrogens is 2. The maximum absolute atomic E-state index is 11.0. The highest BCUT2D eigenvalue weighted by Crippen LogP contribution is 2.18. The van der Waals surface area contributed by atoms with Crippen LogP contribution in [0.5, 0.6) is 0 Å². The average Bonchev–Trinajstić information content (AvgIpc) is 2.73. The van der Waals surface area contributed by atoms with E-state index < -0.39 is 5.91 Å². The number of likely N-dealkylation sites (tertiary alicyclic amines) is 1. The number of benzene rings is 1. The van der Waals surface area contributed by atoms with Crippen LogP contribution in [0, 0.1) is 0 Å². The first kappa shape index (κ1) is 20.3. The maximum Gasteiger partial charge on any atom is 0.267 e. The van der Waals surface area contributed by atoms with Crippen LogP contribution in [0.15, 0.2) is 42.7 Å². The average molecular weight is 402 g/mol. The SMILES string of the molecule is O=C(C=Cc1cnc(N[C@@H]2CCCN(CCc3ccccc3Cl)C2)cn1)NO. The summed E-state index contributed by atoms with van der Waals surface area (Å²) < 4.78 is 0. The second kappa shape index (κ2) is 10.2. The summed E-state index contributed by atoms with van der Waals surface area (Å²) in [5, 5.41) is 12.7. The summed E-state index contributed by atoms with van der Waals surface area (Å²) in [7, 11) is 0. The largest absolute Gasteiger partial charge is 0.365 e. The molecule has 2 heterocycles. The van der Waals surface area contributed by atoms with E-state index in [0.29, 0.717) is 17.6 Å². The summed E-state index contributed by atoms with van der Waals surface area (Å²) in [5.41, 5.74) is 3.26. The number of anilines is 1. The first-order chi connectivity index (χ1) is 13.6. The lowest BCUT2D eigenvalue weighted by Gasteiger charge is -2.33. The summed E-state index contributed by atoms with van der Waals surface area (Å²) in [6, 6.07) is 8.31. The first-order valence-corrected chi connectivity index (χ1v) is 9.68. The number of carbonyl (C=O) groups is 1. The molecule has 0 spiro atoms. The minimum atomic E-state index is -0.608. The van der Waals surface area contributed by atoms with Gasteiger partial charge in [0.15, 0.2) is 0 Å². The first-order valence-electron chi connectivity index (χ1n) is 9.30. The van der Waals surface area contributed by atoms with Crippen molar-refractivity contribution in [2.45, 2.75) is 25.3 Å². The van der Waals surface area contributed by atoms with Crippen LogP contribution in [-0.2, 0) is 11.2 Å². The number of carbonyl (C=O) groups excluding carboxylic acids is 1. The van der Waals surface area contributed by atoms with Crippen LogP contribution in [0.2, 0.25) is 5.02 Å². The summed E-state index contributed by atoms with van der Waals surface area (Å²) in [4.78, 5) is 22.0. The predicted octanol–water partition coefficient (Wildman–Crippen LogP) is 2.77. The molecule has 1 aliphatic rings. The highest BCUT2D eigenvalue weighted by Gasteiger charge is 2.20. The fraction of sp³-hybridized carbons (Fsp3) is 0.350. The van der Waals surface area contributed by atoms with E-state index in [4.69, 9.17) is 16.8 Å². The van der Waals surface area contributed by atoms with E-state index in [1.165, 1.54) is 23.2 Å². The topological polar surface area (TPSA) is 90.4 Å². The monoisotopic (exact) mass is 401 g/mol. The number of piperidine rings is 1. The van der Waals surface area contributed by atoms with Crippen molar-refractivity contribution in [1.29, 1.82) is 0 Å². The number of rotatable bonds is 7. The van der Waals surface area contributed by atoms with Crippen LogP contribution in [0.3, 0.4) is 0 Å². The molecule has 0 aliphatic carbocycles. The van der Waals surface area contributed by atoms with Crippen LogP contribution >= 0.6 is 11.6 Å². The smallest absolute Gasteiger partial charge is 0.267 e. The summed E-state index contributed by atoms with van der Waals surface area (Å²) in [6.07, 6.45) is 9.07. The quantitative estimate of drug-likeness (QED) is 0.375. The molecule has 28 heavy (non-hydrogen) atoms. The molecule has 2 aromatic rings. The minimum absolute atomic E-state index is 0.316. The van der Waals surface area contributed by atoms with Gasteiger partial charge >= 0.3 is 0 Å². The number of nitrogens with zero attached hydrogens (tertiary/aromatic N) is 3. The molecule has 1 aliphatic heterocycles. The van der Waals surface area contributed by atoms with Gasteiger partial charge in [-0.3, -0.25) is 15.0 Å². The second-order valence-corrected chi connectivity index (χ2v) is 7.17. The van der Waals surface area contributed by atoms with E-state index in [2.05, 4.69) is 26.3 Å². The van der Waals surface area contributed by atoms with Crippen LogP contribution in [-0.4, -0.2) is 51.7 Å². The van der Waals surface area contributed by atoms with Crippen molar-refractivity contribution in [2.24, 2.45) is 0 Å². The molecule has 1 aromatic carbocycles. The number of halogens is 1. The number of hydrogen-bond donors (Lipinski definition) is 3. The van der Waals surface area contributed by atoms with Crippen LogP contribution in [0.1, 0.15) is 24.1 Å². The van der Waals surface area contributed by atoms with Gasteiger partial charge in [-0.2, -0.15) is 0 Å². The Morgan fingerprint density at radius 1 is 1.32 bits per heavy atom. The van der Waals surface area contributed by atoms with E-state index in [1.807, 2.05) is 18.2 Å². The summed E-state index contributed by atoms with van der Waals surface area (Å²) >= 11 is 6.25. The lowest BCUT2D eigenvalue weighted by molar-refractivity contribution is -0.124. The molecule has 3 N–H and O–H groups in total. The standard InChI is InChI=1S/C20H24ClN5O2/c21-18-6-2-1-4-15(18)9-11-26-10-3-5-17(14-26)24-19-13-22-16(12-23-19)7-8-20(27)25-28/h1-2,4,6-8,12-13,17,28H,3,5,9-11,14H2,(H,23,24)(H,25,27)/t17-/m1/s1. The molecule has 8 heteroatoms. The molecule has 148 valence electrons. The third-order valence-electron chi connectivity index (χ3n) is 4.70. The van der Waals surface area contributed by atoms with Crippen molar-refractivity contribution >= 4 is 29.4 Å². The molecule has 0 saturated carbocycles. The molecule has 3 rings (SSSR count). The third-order valence-corrected chi connectivity index (χ3v) is 5.07. The van der Waals surface area contributed by atoms with Gasteiger partial charge in [0, 0.05) is 30.2 Å². The Morgan fingerprint density at radius 3 is 2.93 bits per heavy atom. The molecule has 1 amide bonds. The zero-order valence-electron chi connectivity index (χ0n) is 15.5. The van der Waals surface area contributed by atoms with Gasteiger partial charge in [-0.05, 0) is 43.5 Å². The Bertz CT molecular complexity index is 812. The number of nitrogens with one attached hydrogen (secondary N) is 2. The maximum atomic E-state index is 11.0. The van der Waals surface area contributed by atoms with Crippen LogP contribution in [0.25, 0.3) is 6.08 Å². The fourth-order valence-electron chi connectivity index (χ4n) is 3.26. The van der Waals surface area contributed by atoms with E-state index in [9.17, 15) is 4.79 Å². The molecule has 7 nitrogen and oxygen atoms in total. The van der Waals surface area contributed by atoms with Gasteiger partial charge < -0.3 is 10.2 Å². The van der Waals surface area contributed by atoms with E-state index >= 15 is 0 Å².